The fourth-order valence-electron chi connectivity index (χ4n) is 8.36. The molecule has 6 aromatic rings. The maximum atomic E-state index is 11.1. The predicted molar refractivity (Wildman–Crippen MR) is 326 cm³/mol. The van der Waals surface area contributed by atoms with Gasteiger partial charge >= 0.3 is 44.8 Å². The molecule has 8 nitrogen and oxygen atoms in total. The van der Waals surface area contributed by atoms with Gasteiger partial charge in [-0.3, -0.25) is 0 Å². The Morgan fingerprint density at radius 3 is 0.597 bits per heavy atom. The molecule has 8 aliphatic heterocycles. The molecule has 0 fully saturated rings. The molecule has 0 spiro atoms. The van der Waals surface area contributed by atoms with Gasteiger partial charge in [-0.05, 0) is 98.5 Å². The second-order valence-corrected chi connectivity index (χ2v) is 31.8. The summed E-state index contributed by atoms with van der Waals surface area (Å²) >= 11 is 40.3. The molecule has 0 saturated heterocycles. The van der Waals surface area contributed by atoms with Crippen LogP contribution in [-0.4, -0.2) is 69.8 Å². The van der Waals surface area contributed by atoms with Gasteiger partial charge in [0.15, 0.2) is 12.7 Å². The Balaban J connectivity index is 0.000000164. The summed E-state index contributed by atoms with van der Waals surface area (Å²) in [5.74, 6) is 0. The quantitative estimate of drug-likeness (QED) is 0.0365. The van der Waals surface area contributed by atoms with Crippen molar-refractivity contribution in [3.05, 3.63) is 129 Å². The van der Waals surface area contributed by atoms with Crippen LogP contribution in [0.4, 0.5) is 0 Å². The van der Waals surface area contributed by atoms with Crippen molar-refractivity contribution in [3.8, 4) is 0 Å². The van der Waals surface area contributed by atoms with Crippen LogP contribution < -0.4 is 31.8 Å². The Hall–Kier alpha value is -0.359. The third-order valence-corrected chi connectivity index (χ3v) is 27.9. The molecule has 0 N–H and O–H groups in total. The maximum Gasteiger partial charge on any atom is 1.00 e. The number of hydrogen-bond acceptors (Lipinski definition) is 10. The SMILES string of the molecule is CC1(C)[N+](=O)[C-]=[N+]([O-])C1(C)C.CC1(C)[N+](=O)[C-]=[N+]([O-])C1(C)C.ClCCl.ClCCl.ClCCl.[Au+].[Au+].c1cc2c3c(c1)Sc1cccc4c1P3c1c(cccc1S4)S2.c1cc2c3c(c1)Sc1cccc4c1P3c1c(cccc1S4)S2. The summed E-state index contributed by atoms with van der Waals surface area (Å²) in [5, 5.41) is 32.4. The summed E-state index contributed by atoms with van der Waals surface area (Å²) in [6, 6.07) is 40.9. The Bertz CT molecular complexity index is 2730. The number of hydrogen-bond donors (Lipinski definition) is 0. The zero-order valence-electron chi connectivity index (χ0n) is 42.2. The normalized spacial score (nSPS) is 17.7. The molecule has 14 rings (SSSR count). The van der Waals surface area contributed by atoms with E-state index in [-0.39, 0.29) is 76.6 Å². The monoisotopic (exact) mass is 1660 g/mol. The topological polar surface area (TPSA) is 92.3 Å². The van der Waals surface area contributed by atoms with Gasteiger partial charge in [-0.2, -0.15) is 0 Å². The van der Waals surface area contributed by atoms with Crippen LogP contribution in [-0.2, 0) is 44.8 Å². The van der Waals surface area contributed by atoms with Crippen molar-refractivity contribution >= 4 is 201 Å². The van der Waals surface area contributed by atoms with E-state index in [1.807, 2.05) is 70.6 Å². The molecule has 0 amide bonds. The van der Waals surface area contributed by atoms with Crippen LogP contribution >= 0.6 is 156 Å². The minimum atomic E-state index is -0.700. The molecule has 0 bridgehead atoms. The van der Waals surface area contributed by atoms with Crippen LogP contribution in [0.3, 0.4) is 0 Å². The fraction of sp³-hybridized carbons (Fsp3) is 0.283. The van der Waals surface area contributed by atoms with Gasteiger partial charge < -0.3 is 19.9 Å². The van der Waals surface area contributed by atoms with Crippen LogP contribution in [0.2, 0.25) is 0 Å². The first-order valence-electron chi connectivity index (χ1n) is 22.9. The molecule has 24 heteroatoms. The van der Waals surface area contributed by atoms with Gasteiger partial charge in [0.1, 0.15) is 0 Å². The minimum Gasteiger partial charge on any atom is -0.650 e. The first-order valence-corrected chi connectivity index (χ1v) is 33.7. The minimum absolute atomic E-state index is 0. The molecule has 77 heavy (non-hydrogen) atoms. The van der Waals surface area contributed by atoms with E-state index in [0.717, 1.165) is 0 Å². The van der Waals surface area contributed by atoms with E-state index in [1.165, 1.54) is 58.7 Å². The van der Waals surface area contributed by atoms with Crippen LogP contribution in [0.1, 0.15) is 55.4 Å². The van der Waals surface area contributed by atoms with Crippen molar-refractivity contribution in [2.45, 2.75) is 136 Å². The number of benzene rings is 6. The van der Waals surface area contributed by atoms with Crippen LogP contribution in [0.15, 0.2) is 168 Å². The third kappa shape index (κ3) is 12.4. The van der Waals surface area contributed by atoms with E-state index >= 15 is 0 Å². The van der Waals surface area contributed by atoms with E-state index in [0.29, 0.717) is 19.0 Å². The first kappa shape index (κ1) is 65.8. The second-order valence-electron chi connectivity index (χ2n) is 18.8. The zero-order chi connectivity index (χ0) is 54.4. The maximum absolute atomic E-state index is 11.1. The standard InChI is InChI=1S/2C18H9PS3.2C7H12N2O2.3CH2Cl2.2Au/c2*1-4-10-16-11(5-1)21-13-7-3-9-15-18(13)19(16)17-12(20-10)6-2-8-14(17)22-15;2*1-6(2)7(3,4)9(11)5-8(6)10;3*2-1-3;;/h2*1-9H;2*1-4H3;3*1H2;;/q;;;;;;;2*+1. The number of nitroso groups, excluding NO2 is 2. The van der Waals surface area contributed by atoms with Gasteiger partial charge in [0.05, 0.1) is 16.0 Å². The van der Waals surface area contributed by atoms with Gasteiger partial charge in [0.2, 0.25) is 22.2 Å². The number of hydroxylamine groups is 2. The molecule has 8 heterocycles. The number of alkyl halides is 6. The Morgan fingerprint density at radius 1 is 0.364 bits per heavy atom. The number of rotatable bonds is 0. The van der Waals surface area contributed by atoms with E-state index in [2.05, 4.69) is 122 Å². The average Bonchev–Trinajstić information content (AvgIpc) is 3.62. The van der Waals surface area contributed by atoms with E-state index in [1.54, 1.807) is 87.2 Å². The van der Waals surface area contributed by atoms with Gasteiger partial charge in [0.25, 0.3) is 0 Å². The third-order valence-electron chi connectivity index (χ3n) is 13.8. The average molecular weight is 1670 g/mol. The van der Waals surface area contributed by atoms with Crippen molar-refractivity contribution in [1.82, 2.24) is 0 Å². The molecule has 0 aromatic heterocycles. The van der Waals surface area contributed by atoms with Crippen molar-refractivity contribution in [2.75, 3.05) is 16.0 Å². The molecule has 412 valence electrons. The molecule has 6 aromatic carbocycles. The molecule has 8 aliphatic rings. The molecule has 0 atom stereocenters. The predicted octanol–water partition coefficient (Wildman–Crippen LogP) is 15.4. The zero-order valence-corrected chi connectivity index (χ0v) is 57.7. The number of nitrogens with zero attached hydrogens (tertiary/aromatic N) is 4. The smallest absolute Gasteiger partial charge is 0.650 e. The molecule has 0 unspecified atom stereocenters. The van der Waals surface area contributed by atoms with E-state index in [4.69, 9.17) is 69.6 Å². The fourth-order valence-corrected chi connectivity index (χ4v) is 24.2. The molecule has 0 saturated carbocycles. The van der Waals surface area contributed by atoms with Gasteiger partial charge in [-0.25, -0.2) is 0 Å². The first-order chi connectivity index (χ1) is 35.6. The van der Waals surface area contributed by atoms with Crippen LogP contribution in [0.5, 0.6) is 0 Å². The van der Waals surface area contributed by atoms with Crippen LogP contribution in [0, 0.1) is 20.2 Å². The summed E-state index contributed by atoms with van der Waals surface area (Å²) in [5.41, 5.74) is -2.80. The van der Waals surface area contributed by atoms with Crippen molar-refractivity contribution < 1.29 is 63.8 Å². The summed E-state index contributed by atoms with van der Waals surface area (Å²) in [6.07, 6.45) is 4.31. The van der Waals surface area contributed by atoms with Gasteiger partial charge in [-0.15, -0.1) is 69.6 Å². The summed E-state index contributed by atoms with van der Waals surface area (Å²) in [4.78, 5) is 39.8. The van der Waals surface area contributed by atoms with E-state index in [9.17, 15) is 20.2 Å². The summed E-state index contributed by atoms with van der Waals surface area (Å²) in [7, 11) is -0.732. The number of halogens is 6. The Kier molecular flexibility index (Phi) is 23.2. The molecular weight excluding hydrogens is 1620 g/mol. The van der Waals surface area contributed by atoms with Crippen molar-refractivity contribution in [2.24, 2.45) is 0 Å². The van der Waals surface area contributed by atoms with Gasteiger partial charge in [-0.1, -0.05) is 116 Å². The Morgan fingerprint density at radius 2 is 0.506 bits per heavy atom. The largest absolute Gasteiger partial charge is 1.00 e. The molecular formula is C53H48Au2Cl6N4O4P2S6+2. The van der Waals surface area contributed by atoms with E-state index < -0.39 is 22.2 Å². The van der Waals surface area contributed by atoms with Crippen molar-refractivity contribution in [1.29, 1.82) is 0 Å². The van der Waals surface area contributed by atoms with Crippen molar-refractivity contribution in [3.63, 3.8) is 0 Å². The van der Waals surface area contributed by atoms with Crippen LogP contribution in [0.25, 0.3) is 0 Å². The molecule has 0 aliphatic carbocycles. The summed E-state index contributed by atoms with van der Waals surface area (Å²) < 4.78 is 2.33. The Labute approximate surface area is 539 Å². The second kappa shape index (κ2) is 27.1. The molecule has 0 radical (unpaired) electrons. The van der Waals surface area contributed by atoms with Gasteiger partial charge in [0, 0.05) is 146 Å². The summed E-state index contributed by atoms with van der Waals surface area (Å²) in [6.45, 7) is 13.8.